The second-order valence-electron chi connectivity index (χ2n) is 8.66. The summed E-state index contributed by atoms with van der Waals surface area (Å²) in [7, 11) is 0. The van der Waals surface area contributed by atoms with Crippen LogP contribution in [0.5, 0.6) is 5.75 Å². The minimum absolute atomic E-state index is 0.00182. The van der Waals surface area contributed by atoms with E-state index in [1.54, 1.807) is 37.3 Å². The van der Waals surface area contributed by atoms with Gasteiger partial charge in [-0.1, -0.05) is 18.4 Å². The molecule has 1 aromatic rings. The lowest BCUT2D eigenvalue weighted by molar-refractivity contribution is -0.116. The first-order chi connectivity index (χ1) is 15.5. The van der Waals surface area contributed by atoms with Gasteiger partial charge in [-0.15, -0.1) is 0 Å². The first kappa shape index (κ1) is 23.8. The topological polar surface area (TPSA) is 84.9 Å². The Bertz CT molecular complexity index is 819. The number of benzene rings is 1. The fourth-order valence-corrected chi connectivity index (χ4v) is 4.43. The molecule has 1 heterocycles. The first-order valence-corrected chi connectivity index (χ1v) is 11.7. The average Bonchev–Trinajstić information content (AvgIpc) is 3.33. The van der Waals surface area contributed by atoms with Crippen LogP contribution < -0.4 is 10.1 Å². The molecule has 3 rings (SSSR count). The van der Waals surface area contributed by atoms with Gasteiger partial charge in [0.1, 0.15) is 5.75 Å². The second-order valence-corrected chi connectivity index (χ2v) is 8.66. The predicted molar refractivity (Wildman–Crippen MR) is 121 cm³/mol. The number of ether oxygens (including phenoxy) is 2. The maximum Gasteiger partial charge on any atom is 0.513 e. The van der Waals surface area contributed by atoms with Crippen LogP contribution in [0.3, 0.4) is 0 Å². The second kappa shape index (κ2) is 11.7. The first-order valence-electron chi connectivity index (χ1n) is 11.7. The van der Waals surface area contributed by atoms with E-state index in [2.05, 4.69) is 12.2 Å². The molecule has 0 aromatic heterocycles. The molecule has 1 N–H and O–H groups in total. The Kier molecular flexibility index (Phi) is 8.71. The van der Waals surface area contributed by atoms with Crippen molar-refractivity contribution in [2.24, 2.45) is 11.8 Å². The summed E-state index contributed by atoms with van der Waals surface area (Å²) >= 11 is 0. The number of carbonyl (C=O) groups excluding carboxylic acids is 3. The number of piperidine rings is 1. The third-order valence-electron chi connectivity index (χ3n) is 6.39. The summed E-state index contributed by atoms with van der Waals surface area (Å²) < 4.78 is 9.76. The standard InChI is InChI=1S/C25H34N2O5/c1-3-31-25(30)32-22-10-8-21(9-11-22)24(29)27-14-12-19(13-15-27)17-26-23(28)16-18(2)20-6-4-5-7-20/h8-11,16,19-20H,3-7,12-15,17H2,1-2H3,(H,26,28)/b18-16+. The number of rotatable bonds is 7. The average molecular weight is 443 g/mol. The quantitative estimate of drug-likeness (QED) is 0.386. The van der Waals surface area contributed by atoms with Crippen LogP contribution in [-0.2, 0) is 9.53 Å². The Balaban J connectivity index is 1.41. The Morgan fingerprint density at radius 3 is 2.34 bits per heavy atom. The Hall–Kier alpha value is -2.83. The summed E-state index contributed by atoms with van der Waals surface area (Å²) in [6.45, 7) is 5.99. The van der Waals surface area contributed by atoms with Crippen LogP contribution >= 0.6 is 0 Å². The lowest BCUT2D eigenvalue weighted by atomic mass is 9.96. The van der Waals surface area contributed by atoms with Gasteiger partial charge >= 0.3 is 6.16 Å². The van der Waals surface area contributed by atoms with Crippen molar-refractivity contribution in [3.8, 4) is 5.75 Å². The van der Waals surface area contributed by atoms with Crippen molar-refractivity contribution >= 4 is 18.0 Å². The maximum absolute atomic E-state index is 12.8. The minimum atomic E-state index is -0.759. The molecule has 32 heavy (non-hydrogen) atoms. The van der Waals surface area contributed by atoms with E-state index in [0.29, 0.717) is 42.8 Å². The van der Waals surface area contributed by atoms with Gasteiger partial charge in [0.2, 0.25) is 5.91 Å². The highest BCUT2D eigenvalue weighted by atomic mass is 16.7. The largest absolute Gasteiger partial charge is 0.513 e. The van der Waals surface area contributed by atoms with Crippen molar-refractivity contribution < 1.29 is 23.9 Å². The number of allylic oxidation sites excluding steroid dienone is 1. The molecule has 0 unspecified atom stereocenters. The summed E-state index contributed by atoms with van der Waals surface area (Å²) in [4.78, 5) is 38.2. The lowest BCUT2D eigenvalue weighted by Crippen LogP contribution is -2.41. The van der Waals surface area contributed by atoms with Crippen molar-refractivity contribution in [3.63, 3.8) is 0 Å². The number of hydrogen-bond acceptors (Lipinski definition) is 5. The number of carbonyl (C=O) groups is 3. The molecule has 2 aliphatic rings. The van der Waals surface area contributed by atoms with E-state index >= 15 is 0 Å². The molecule has 174 valence electrons. The van der Waals surface area contributed by atoms with Crippen LogP contribution in [0.25, 0.3) is 0 Å². The van der Waals surface area contributed by atoms with Gasteiger partial charge in [0.05, 0.1) is 6.61 Å². The third-order valence-corrected chi connectivity index (χ3v) is 6.39. The zero-order chi connectivity index (χ0) is 22.9. The van der Waals surface area contributed by atoms with Crippen molar-refractivity contribution in [2.75, 3.05) is 26.2 Å². The lowest BCUT2D eigenvalue weighted by Gasteiger charge is -2.32. The highest BCUT2D eigenvalue weighted by molar-refractivity contribution is 5.94. The normalized spacial score (nSPS) is 17.8. The number of likely N-dealkylation sites (tertiary alicyclic amines) is 1. The summed E-state index contributed by atoms with van der Waals surface area (Å²) in [6.07, 6.45) is 7.66. The van der Waals surface area contributed by atoms with Crippen LogP contribution in [0, 0.1) is 11.8 Å². The number of nitrogens with one attached hydrogen (secondary N) is 1. The SMILES string of the molecule is CCOC(=O)Oc1ccc(C(=O)N2CCC(CNC(=O)/C=C(\C)C3CCCC3)CC2)cc1. The molecular weight excluding hydrogens is 408 g/mol. The zero-order valence-electron chi connectivity index (χ0n) is 19.1. The van der Waals surface area contributed by atoms with E-state index in [0.717, 1.165) is 12.8 Å². The van der Waals surface area contributed by atoms with Gasteiger partial charge in [-0.3, -0.25) is 9.59 Å². The van der Waals surface area contributed by atoms with E-state index in [-0.39, 0.29) is 18.4 Å². The van der Waals surface area contributed by atoms with E-state index in [1.165, 1.54) is 31.3 Å². The summed E-state index contributed by atoms with van der Waals surface area (Å²) in [5.41, 5.74) is 1.75. The zero-order valence-corrected chi connectivity index (χ0v) is 19.1. The molecule has 7 nitrogen and oxygen atoms in total. The molecule has 1 saturated heterocycles. The van der Waals surface area contributed by atoms with Crippen molar-refractivity contribution in [1.82, 2.24) is 10.2 Å². The highest BCUT2D eigenvalue weighted by Crippen LogP contribution is 2.30. The molecular formula is C25H34N2O5. The van der Waals surface area contributed by atoms with Gasteiger partial charge < -0.3 is 19.7 Å². The van der Waals surface area contributed by atoms with E-state index in [1.807, 2.05) is 4.90 Å². The Morgan fingerprint density at radius 1 is 1.06 bits per heavy atom. The molecule has 1 aliphatic carbocycles. The fourth-order valence-electron chi connectivity index (χ4n) is 4.43. The van der Waals surface area contributed by atoms with Gasteiger partial charge in [0.25, 0.3) is 5.91 Å². The third kappa shape index (κ3) is 6.84. The van der Waals surface area contributed by atoms with Crippen molar-refractivity contribution in [2.45, 2.75) is 52.4 Å². The maximum atomic E-state index is 12.8. The van der Waals surface area contributed by atoms with E-state index in [4.69, 9.17) is 9.47 Å². The summed E-state index contributed by atoms with van der Waals surface area (Å²) in [6, 6.07) is 6.49. The van der Waals surface area contributed by atoms with E-state index in [9.17, 15) is 14.4 Å². The van der Waals surface area contributed by atoms with Crippen molar-refractivity contribution in [1.29, 1.82) is 0 Å². The molecule has 7 heteroatoms. The molecule has 0 atom stereocenters. The van der Waals surface area contributed by atoms with Crippen LogP contribution in [0.4, 0.5) is 4.79 Å². The number of nitrogens with zero attached hydrogens (tertiary/aromatic N) is 1. The fraction of sp³-hybridized carbons (Fsp3) is 0.560. The van der Waals surface area contributed by atoms with Gasteiger partial charge in [0, 0.05) is 31.3 Å². The van der Waals surface area contributed by atoms with Crippen LogP contribution in [-0.4, -0.2) is 49.1 Å². The molecule has 1 saturated carbocycles. The summed E-state index contributed by atoms with van der Waals surface area (Å²) in [5.74, 6) is 1.25. The molecule has 1 aromatic carbocycles. The van der Waals surface area contributed by atoms with Gasteiger partial charge in [-0.05, 0) is 75.6 Å². The number of hydrogen-bond donors (Lipinski definition) is 1. The number of amides is 2. The Morgan fingerprint density at radius 2 is 1.72 bits per heavy atom. The molecule has 2 fully saturated rings. The van der Waals surface area contributed by atoms with Crippen LogP contribution in [0.1, 0.15) is 62.7 Å². The molecule has 1 aliphatic heterocycles. The van der Waals surface area contributed by atoms with Crippen LogP contribution in [0.15, 0.2) is 35.9 Å². The van der Waals surface area contributed by atoms with E-state index < -0.39 is 6.16 Å². The predicted octanol–water partition coefficient (Wildman–Crippen LogP) is 4.33. The molecule has 0 bridgehead atoms. The monoisotopic (exact) mass is 442 g/mol. The van der Waals surface area contributed by atoms with Crippen molar-refractivity contribution in [3.05, 3.63) is 41.5 Å². The summed E-state index contributed by atoms with van der Waals surface area (Å²) in [5, 5.41) is 3.04. The molecule has 0 spiro atoms. The van der Waals surface area contributed by atoms with Gasteiger partial charge in [-0.25, -0.2) is 4.79 Å². The Labute approximate surface area is 190 Å². The molecule has 0 radical (unpaired) electrons. The molecule has 2 amide bonds. The smallest absolute Gasteiger partial charge is 0.434 e. The van der Waals surface area contributed by atoms with Gasteiger partial charge in [-0.2, -0.15) is 0 Å². The van der Waals surface area contributed by atoms with Gasteiger partial charge in [0.15, 0.2) is 0 Å². The van der Waals surface area contributed by atoms with Crippen LogP contribution in [0.2, 0.25) is 0 Å². The minimum Gasteiger partial charge on any atom is -0.434 e. The highest BCUT2D eigenvalue weighted by Gasteiger charge is 2.24.